The van der Waals surface area contributed by atoms with Gasteiger partial charge in [0.1, 0.15) is 0 Å². The third-order valence-corrected chi connectivity index (χ3v) is 4.64. The molecule has 3 nitrogen and oxygen atoms in total. The molecule has 0 aliphatic heterocycles. The number of rotatable bonds is 8. The zero-order valence-electron chi connectivity index (χ0n) is 14.1. The van der Waals surface area contributed by atoms with Crippen molar-refractivity contribution < 1.29 is 4.79 Å². The Balaban J connectivity index is 1.74. The Labute approximate surface area is 135 Å². The van der Waals surface area contributed by atoms with Crippen molar-refractivity contribution in [3.05, 3.63) is 35.9 Å². The summed E-state index contributed by atoms with van der Waals surface area (Å²) in [6.07, 6.45) is 7.50. The van der Waals surface area contributed by atoms with Gasteiger partial charge >= 0.3 is 0 Å². The van der Waals surface area contributed by atoms with Crippen LogP contribution in [0.3, 0.4) is 0 Å². The fourth-order valence-electron chi connectivity index (χ4n) is 3.49. The van der Waals surface area contributed by atoms with Crippen LogP contribution in [0.15, 0.2) is 30.3 Å². The molecule has 1 amide bonds. The van der Waals surface area contributed by atoms with E-state index in [2.05, 4.69) is 29.3 Å². The van der Waals surface area contributed by atoms with Gasteiger partial charge in [-0.05, 0) is 37.8 Å². The molecule has 1 N–H and O–H groups in total. The lowest BCUT2D eigenvalue weighted by molar-refractivity contribution is -0.123. The average molecular weight is 302 g/mol. The van der Waals surface area contributed by atoms with Gasteiger partial charge < -0.3 is 5.32 Å². The predicted octanol–water partition coefficient (Wildman–Crippen LogP) is 3.59. The predicted molar refractivity (Wildman–Crippen MR) is 91.6 cm³/mol. The van der Waals surface area contributed by atoms with Gasteiger partial charge in [0.25, 0.3) is 0 Å². The van der Waals surface area contributed by atoms with Crippen molar-refractivity contribution in [3.8, 4) is 0 Å². The van der Waals surface area contributed by atoms with E-state index in [9.17, 15) is 4.79 Å². The topological polar surface area (TPSA) is 32.3 Å². The molecule has 2 unspecified atom stereocenters. The molecular weight excluding hydrogens is 272 g/mol. The monoisotopic (exact) mass is 302 g/mol. The van der Waals surface area contributed by atoms with Crippen molar-refractivity contribution in [1.82, 2.24) is 10.2 Å². The lowest BCUT2D eigenvalue weighted by atomic mass is 9.97. The average Bonchev–Trinajstić information content (AvgIpc) is 2.92. The Hall–Kier alpha value is -1.35. The van der Waals surface area contributed by atoms with Gasteiger partial charge in [0.05, 0.1) is 6.54 Å². The number of unbranched alkanes of at least 4 members (excludes halogenated alkanes) is 1. The highest BCUT2D eigenvalue weighted by Crippen LogP contribution is 2.29. The van der Waals surface area contributed by atoms with Gasteiger partial charge in [0, 0.05) is 12.6 Å². The molecule has 1 aliphatic rings. The summed E-state index contributed by atoms with van der Waals surface area (Å²) in [5.74, 6) is 0.871. The van der Waals surface area contributed by atoms with Crippen LogP contribution < -0.4 is 5.32 Å². The molecule has 1 aromatic carbocycles. The first-order valence-electron chi connectivity index (χ1n) is 8.71. The van der Waals surface area contributed by atoms with Crippen molar-refractivity contribution in [2.45, 2.75) is 58.0 Å². The van der Waals surface area contributed by atoms with Gasteiger partial charge in [-0.1, -0.05) is 56.5 Å². The van der Waals surface area contributed by atoms with Crippen LogP contribution >= 0.6 is 0 Å². The molecule has 1 aromatic rings. The zero-order valence-corrected chi connectivity index (χ0v) is 14.1. The summed E-state index contributed by atoms with van der Waals surface area (Å²) < 4.78 is 0. The third kappa shape index (κ3) is 5.45. The molecule has 0 radical (unpaired) electrons. The Kier molecular flexibility index (Phi) is 6.91. The van der Waals surface area contributed by atoms with E-state index in [-0.39, 0.29) is 5.91 Å². The lowest BCUT2D eigenvalue weighted by Gasteiger charge is -2.23. The Bertz CT molecular complexity index is 446. The molecule has 22 heavy (non-hydrogen) atoms. The van der Waals surface area contributed by atoms with Crippen molar-refractivity contribution in [2.75, 3.05) is 13.6 Å². The lowest BCUT2D eigenvalue weighted by Crippen LogP contribution is -2.42. The van der Waals surface area contributed by atoms with Crippen LogP contribution in [0.4, 0.5) is 0 Å². The van der Waals surface area contributed by atoms with E-state index in [0.29, 0.717) is 18.5 Å². The quantitative estimate of drug-likeness (QED) is 0.796. The highest BCUT2D eigenvalue weighted by atomic mass is 16.2. The maximum absolute atomic E-state index is 12.3. The van der Waals surface area contributed by atoms with Crippen LogP contribution in [-0.4, -0.2) is 30.4 Å². The maximum Gasteiger partial charge on any atom is 0.234 e. The number of likely N-dealkylation sites (N-methyl/N-ethyl adjacent to an activating group) is 1. The number of hydrogen-bond acceptors (Lipinski definition) is 2. The molecule has 1 fully saturated rings. The van der Waals surface area contributed by atoms with Crippen molar-refractivity contribution >= 4 is 5.91 Å². The van der Waals surface area contributed by atoms with Crippen LogP contribution in [0.25, 0.3) is 0 Å². The van der Waals surface area contributed by atoms with E-state index in [1.54, 1.807) is 0 Å². The summed E-state index contributed by atoms with van der Waals surface area (Å²) in [4.78, 5) is 14.4. The standard InChI is InChI=1S/C19H30N2O/c1-3-4-11-17-12-8-13-18(17)20-19(22)15-21(2)14-16-9-6-5-7-10-16/h5-7,9-10,17-18H,3-4,8,11-15H2,1-2H3,(H,20,22). The van der Waals surface area contributed by atoms with Crippen molar-refractivity contribution in [3.63, 3.8) is 0 Å². The second kappa shape index (κ2) is 8.94. The SMILES string of the molecule is CCCCC1CCCC1NC(=O)CN(C)Cc1ccccc1. The second-order valence-corrected chi connectivity index (χ2v) is 6.67. The Morgan fingerprint density at radius 2 is 2.05 bits per heavy atom. The minimum Gasteiger partial charge on any atom is -0.352 e. The van der Waals surface area contributed by atoms with Crippen molar-refractivity contribution in [1.29, 1.82) is 0 Å². The van der Waals surface area contributed by atoms with Crippen molar-refractivity contribution in [2.24, 2.45) is 5.92 Å². The van der Waals surface area contributed by atoms with Crippen LogP contribution in [0.2, 0.25) is 0 Å². The Morgan fingerprint density at radius 1 is 1.27 bits per heavy atom. The molecule has 0 saturated heterocycles. The van der Waals surface area contributed by atoms with Gasteiger partial charge in [0.2, 0.25) is 5.91 Å². The molecule has 2 rings (SSSR count). The van der Waals surface area contributed by atoms with Gasteiger partial charge in [0.15, 0.2) is 0 Å². The minimum absolute atomic E-state index is 0.173. The van der Waals surface area contributed by atoms with Gasteiger partial charge in [-0.2, -0.15) is 0 Å². The summed E-state index contributed by atoms with van der Waals surface area (Å²) in [7, 11) is 2.01. The zero-order chi connectivity index (χ0) is 15.8. The van der Waals surface area contributed by atoms with Gasteiger partial charge in [-0.25, -0.2) is 0 Å². The molecule has 0 spiro atoms. The van der Waals surface area contributed by atoms with Crippen LogP contribution in [0.5, 0.6) is 0 Å². The summed E-state index contributed by atoms with van der Waals surface area (Å²) in [5.41, 5.74) is 1.25. The molecular formula is C19H30N2O. The fraction of sp³-hybridized carbons (Fsp3) is 0.632. The molecule has 2 atom stereocenters. The third-order valence-electron chi connectivity index (χ3n) is 4.64. The second-order valence-electron chi connectivity index (χ2n) is 6.67. The number of amides is 1. The normalized spacial score (nSPS) is 21.2. The first kappa shape index (κ1) is 17.0. The van der Waals surface area contributed by atoms with Crippen LogP contribution in [0, 0.1) is 5.92 Å². The van der Waals surface area contributed by atoms with Crippen LogP contribution in [-0.2, 0) is 11.3 Å². The summed E-state index contributed by atoms with van der Waals surface area (Å²) in [6, 6.07) is 10.7. The molecule has 0 aromatic heterocycles. The number of benzene rings is 1. The smallest absolute Gasteiger partial charge is 0.234 e. The van der Waals surface area contributed by atoms with E-state index in [0.717, 1.165) is 13.0 Å². The molecule has 0 bridgehead atoms. The van der Waals surface area contributed by atoms with E-state index in [4.69, 9.17) is 0 Å². The molecule has 1 saturated carbocycles. The van der Waals surface area contributed by atoms with E-state index in [1.165, 1.54) is 37.7 Å². The molecule has 1 aliphatic carbocycles. The van der Waals surface area contributed by atoms with Gasteiger partial charge in [-0.15, -0.1) is 0 Å². The van der Waals surface area contributed by atoms with E-state index >= 15 is 0 Å². The fourth-order valence-corrected chi connectivity index (χ4v) is 3.49. The summed E-state index contributed by atoms with van der Waals surface area (Å²) in [5, 5.41) is 3.27. The number of nitrogens with one attached hydrogen (secondary N) is 1. The van der Waals surface area contributed by atoms with Gasteiger partial charge in [-0.3, -0.25) is 9.69 Å². The minimum atomic E-state index is 0.173. The van der Waals surface area contributed by atoms with E-state index in [1.807, 2.05) is 25.2 Å². The Morgan fingerprint density at radius 3 is 2.77 bits per heavy atom. The highest BCUT2D eigenvalue weighted by molar-refractivity contribution is 5.78. The number of carbonyl (C=O) groups excluding carboxylic acids is 1. The summed E-state index contributed by atoms with van der Waals surface area (Å²) in [6.45, 7) is 3.53. The highest BCUT2D eigenvalue weighted by Gasteiger charge is 2.27. The van der Waals surface area contributed by atoms with E-state index < -0.39 is 0 Å². The maximum atomic E-state index is 12.3. The number of hydrogen-bond donors (Lipinski definition) is 1. The molecule has 0 heterocycles. The largest absolute Gasteiger partial charge is 0.352 e. The first-order valence-corrected chi connectivity index (χ1v) is 8.71. The van der Waals surface area contributed by atoms with Crippen LogP contribution in [0.1, 0.15) is 51.0 Å². The molecule has 3 heteroatoms. The number of carbonyl (C=O) groups is 1. The summed E-state index contributed by atoms with van der Waals surface area (Å²) >= 11 is 0. The first-order chi connectivity index (χ1) is 10.7. The molecule has 122 valence electrons. The number of nitrogens with zero attached hydrogens (tertiary/aromatic N) is 1.